The van der Waals surface area contributed by atoms with Gasteiger partial charge in [-0.1, -0.05) is 6.07 Å². The summed E-state index contributed by atoms with van der Waals surface area (Å²) in [5.41, 5.74) is 3.94. The van der Waals surface area contributed by atoms with E-state index in [4.69, 9.17) is 11.6 Å². The number of fused-ring (bicyclic) bond motifs is 1. The molecule has 0 atom stereocenters. The molecule has 0 saturated heterocycles. The number of Topliss-reactive ketones (excluding diaryl/α,β-unsaturated/α-hetero) is 1. The van der Waals surface area contributed by atoms with E-state index in [9.17, 15) is 4.79 Å². The van der Waals surface area contributed by atoms with Crippen molar-refractivity contribution in [2.75, 3.05) is 0 Å². The Morgan fingerprint density at radius 1 is 1.44 bits per heavy atom. The number of rotatable bonds is 2. The topological polar surface area (TPSA) is 30.0 Å². The Morgan fingerprint density at radius 3 is 2.94 bits per heavy atom. The maximum atomic E-state index is 11.9. The van der Waals surface area contributed by atoms with Crippen LogP contribution < -0.4 is 0 Å². The van der Waals surface area contributed by atoms with Crippen molar-refractivity contribution in [1.82, 2.24) is 4.98 Å². The number of allylic oxidation sites excluding steroid dienone is 1. The Hall–Kier alpha value is -1.15. The zero-order valence-corrected chi connectivity index (χ0v) is 9.63. The van der Waals surface area contributed by atoms with E-state index < -0.39 is 0 Å². The maximum Gasteiger partial charge on any atom is 0.163 e. The fourth-order valence-electron chi connectivity index (χ4n) is 2.16. The monoisotopic (exact) mass is 233 g/mol. The second kappa shape index (κ2) is 3.70. The first-order valence-corrected chi connectivity index (χ1v) is 6.10. The average Bonchev–Trinajstić information content (AvgIpc) is 3.11. The number of carbonyl (C=O) groups is 1. The summed E-state index contributed by atoms with van der Waals surface area (Å²) in [7, 11) is 0. The summed E-state index contributed by atoms with van der Waals surface area (Å²) in [5, 5.41) is 0. The molecule has 3 rings (SSSR count). The first-order chi connectivity index (χ1) is 7.78. The Labute approximate surface area is 99.3 Å². The summed E-state index contributed by atoms with van der Waals surface area (Å²) in [6.45, 7) is 0. The van der Waals surface area contributed by atoms with E-state index in [1.54, 1.807) is 6.20 Å². The number of pyridine rings is 1. The van der Waals surface area contributed by atoms with Crippen molar-refractivity contribution in [3.05, 3.63) is 34.7 Å². The summed E-state index contributed by atoms with van der Waals surface area (Å²) in [4.78, 5) is 16.3. The molecule has 0 spiro atoms. The number of nitrogens with zero attached hydrogens (tertiary/aromatic N) is 1. The highest BCUT2D eigenvalue weighted by Gasteiger charge is 2.32. The molecule has 82 valence electrons. The first-order valence-electron chi connectivity index (χ1n) is 5.56. The highest BCUT2D eigenvalue weighted by atomic mass is 35.5. The standard InChI is InChI=1S/C13H12ClNO/c14-6-8-3-10-4-13(16)11(9-1-2-9)5-12(10)15-7-8/h3,5,7,9H,1-2,4,6H2. The fourth-order valence-corrected chi connectivity index (χ4v) is 2.30. The summed E-state index contributed by atoms with van der Waals surface area (Å²) >= 11 is 5.75. The quantitative estimate of drug-likeness (QED) is 0.736. The molecule has 3 heteroatoms. The second-order valence-electron chi connectivity index (χ2n) is 4.50. The van der Waals surface area contributed by atoms with Crippen molar-refractivity contribution in [3.63, 3.8) is 0 Å². The smallest absolute Gasteiger partial charge is 0.163 e. The highest BCUT2D eigenvalue weighted by molar-refractivity contribution is 6.17. The molecule has 0 unspecified atom stereocenters. The van der Waals surface area contributed by atoms with Crippen molar-refractivity contribution in [2.24, 2.45) is 5.92 Å². The zero-order chi connectivity index (χ0) is 11.1. The minimum atomic E-state index is 0.267. The summed E-state index contributed by atoms with van der Waals surface area (Å²) in [6, 6.07) is 1.99. The predicted molar refractivity (Wildman–Crippen MR) is 63.2 cm³/mol. The fraction of sp³-hybridized carbons (Fsp3) is 0.385. The van der Waals surface area contributed by atoms with Crippen LogP contribution in [0.4, 0.5) is 0 Å². The van der Waals surface area contributed by atoms with Crippen molar-refractivity contribution >= 4 is 23.5 Å². The molecule has 1 aromatic rings. The number of ketones is 1. The van der Waals surface area contributed by atoms with Gasteiger partial charge in [0.2, 0.25) is 0 Å². The van der Waals surface area contributed by atoms with Crippen LogP contribution in [-0.2, 0) is 17.1 Å². The molecule has 2 nitrogen and oxygen atoms in total. The molecule has 0 aliphatic heterocycles. The molecule has 0 amide bonds. The van der Waals surface area contributed by atoms with Crippen LogP contribution in [-0.4, -0.2) is 10.8 Å². The Bertz CT molecular complexity index is 489. The minimum absolute atomic E-state index is 0.267. The van der Waals surface area contributed by atoms with Crippen molar-refractivity contribution in [3.8, 4) is 0 Å². The summed E-state index contributed by atoms with van der Waals surface area (Å²) in [5.74, 6) is 1.23. The van der Waals surface area contributed by atoms with Gasteiger partial charge in [-0.25, -0.2) is 0 Å². The van der Waals surface area contributed by atoms with E-state index in [2.05, 4.69) is 4.98 Å². The van der Waals surface area contributed by atoms with Crippen LogP contribution >= 0.6 is 11.6 Å². The predicted octanol–water partition coefficient (Wildman–Crippen LogP) is 2.74. The molecule has 1 fully saturated rings. The normalized spacial score (nSPS) is 19.3. The van der Waals surface area contributed by atoms with Crippen LogP contribution in [0, 0.1) is 5.92 Å². The lowest BCUT2D eigenvalue weighted by Gasteiger charge is -2.14. The molecule has 0 bridgehead atoms. The number of aromatic nitrogens is 1. The van der Waals surface area contributed by atoms with Gasteiger partial charge in [-0.2, -0.15) is 0 Å². The highest BCUT2D eigenvalue weighted by Crippen LogP contribution is 2.40. The SMILES string of the molecule is O=C1Cc2cc(CCl)cnc2C=C1C1CC1. The van der Waals surface area contributed by atoms with Gasteiger partial charge < -0.3 is 0 Å². The van der Waals surface area contributed by atoms with Crippen LogP contribution in [0.15, 0.2) is 17.8 Å². The molecule has 0 aromatic carbocycles. The Morgan fingerprint density at radius 2 is 2.25 bits per heavy atom. The van der Waals surface area contributed by atoms with Gasteiger partial charge in [-0.3, -0.25) is 9.78 Å². The third kappa shape index (κ3) is 1.67. The zero-order valence-electron chi connectivity index (χ0n) is 8.87. The molecule has 0 N–H and O–H groups in total. The van der Waals surface area contributed by atoms with Gasteiger partial charge in [-0.15, -0.1) is 11.6 Å². The third-order valence-electron chi connectivity index (χ3n) is 3.19. The van der Waals surface area contributed by atoms with Crippen LogP contribution in [0.5, 0.6) is 0 Å². The van der Waals surface area contributed by atoms with E-state index in [1.165, 1.54) is 0 Å². The summed E-state index contributed by atoms with van der Waals surface area (Å²) in [6.07, 6.45) is 6.58. The van der Waals surface area contributed by atoms with Gasteiger partial charge in [0.05, 0.1) is 5.69 Å². The average molecular weight is 234 g/mol. The molecule has 1 heterocycles. The van der Waals surface area contributed by atoms with Crippen LogP contribution in [0.3, 0.4) is 0 Å². The van der Waals surface area contributed by atoms with Crippen LogP contribution in [0.25, 0.3) is 6.08 Å². The molecule has 2 aliphatic carbocycles. The lowest BCUT2D eigenvalue weighted by molar-refractivity contribution is -0.115. The van der Waals surface area contributed by atoms with Crippen molar-refractivity contribution in [1.29, 1.82) is 0 Å². The van der Waals surface area contributed by atoms with E-state index in [0.29, 0.717) is 18.2 Å². The molecular formula is C13H12ClNO. The number of halogens is 1. The van der Waals surface area contributed by atoms with Crippen LogP contribution in [0.1, 0.15) is 29.7 Å². The lowest BCUT2D eigenvalue weighted by atomic mass is 9.91. The number of carbonyl (C=O) groups excluding carboxylic acids is 1. The molecule has 16 heavy (non-hydrogen) atoms. The van der Waals surface area contributed by atoms with Gasteiger partial charge >= 0.3 is 0 Å². The van der Waals surface area contributed by atoms with Crippen molar-refractivity contribution in [2.45, 2.75) is 25.1 Å². The lowest BCUT2D eigenvalue weighted by Crippen LogP contribution is -2.14. The first kappa shape index (κ1) is 10.0. The number of hydrogen-bond acceptors (Lipinski definition) is 2. The Kier molecular flexibility index (Phi) is 2.32. The van der Waals surface area contributed by atoms with Gasteiger partial charge in [0.25, 0.3) is 0 Å². The number of hydrogen-bond donors (Lipinski definition) is 0. The second-order valence-corrected chi connectivity index (χ2v) is 4.76. The van der Waals surface area contributed by atoms with Gasteiger partial charge in [-0.05, 0) is 36.0 Å². The molecular weight excluding hydrogens is 222 g/mol. The largest absolute Gasteiger partial charge is 0.294 e. The van der Waals surface area contributed by atoms with E-state index in [-0.39, 0.29) is 5.78 Å². The number of alkyl halides is 1. The molecule has 0 radical (unpaired) electrons. The van der Waals surface area contributed by atoms with E-state index in [1.807, 2.05) is 12.1 Å². The molecule has 1 saturated carbocycles. The Balaban J connectivity index is 2.03. The van der Waals surface area contributed by atoms with E-state index in [0.717, 1.165) is 35.2 Å². The summed E-state index contributed by atoms with van der Waals surface area (Å²) < 4.78 is 0. The van der Waals surface area contributed by atoms with E-state index >= 15 is 0 Å². The van der Waals surface area contributed by atoms with Gasteiger partial charge in [0.1, 0.15) is 0 Å². The maximum absolute atomic E-state index is 11.9. The minimum Gasteiger partial charge on any atom is -0.294 e. The van der Waals surface area contributed by atoms with Gasteiger partial charge in [0, 0.05) is 24.1 Å². The van der Waals surface area contributed by atoms with Crippen LogP contribution in [0.2, 0.25) is 0 Å². The molecule has 2 aliphatic rings. The third-order valence-corrected chi connectivity index (χ3v) is 3.50. The van der Waals surface area contributed by atoms with Crippen molar-refractivity contribution < 1.29 is 4.79 Å². The van der Waals surface area contributed by atoms with Gasteiger partial charge in [0.15, 0.2) is 5.78 Å². The molecule has 1 aromatic heterocycles.